The highest BCUT2D eigenvalue weighted by Gasteiger charge is 2.10. The fourth-order valence-corrected chi connectivity index (χ4v) is 3.33. The Morgan fingerprint density at radius 1 is 1.26 bits per heavy atom. The Kier molecular flexibility index (Phi) is 3.43. The zero-order valence-corrected chi connectivity index (χ0v) is 12.1. The lowest BCUT2D eigenvalue weighted by Crippen LogP contribution is -1.87. The van der Waals surface area contributed by atoms with Gasteiger partial charge in [-0.3, -0.25) is 0 Å². The summed E-state index contributed by atoms with van der Waals surface area (Å²) in [6.45, 7) is 4.24. The largest absolute Gasteiger partial charge is 0.341 e. The quantitative estimate of drug-likeness (QED) is 0.588. The van der Waals surface area contributed by atoms with Crippen molar-refractivity contribution in [3.8, 4) is 0 Å². The molecule has 0 unspecified atom stereocenters. The molecule has 0 saturated carbocycles. The van der Waals surface area contributed by atoms with Crippen molar-refractivity contribution in [2.75, 3.05) is 0 Å². The molecule has 0 bridgehead atoms. The summed E-state index contributed by atoms with van der Waals surface area (Å²) < 4.78 is 0. The number of nitrogens with one attached hydrogen (secondary N) is 1. The molecule has 0 saturated heterocycles. The predicted octanol–water partition coefficient (Wildman–Crippen LogP) is 2.62. The first kappa shape index (κ1) is 12.5. The monoisotopic (exact) mass is 292 g/mol. The SMILES string of the molecule is CC(C)c1nnc(CSc2ncnc3nc[nH]c23)s1. The van der Waals surface area contributed by atoms with Crippen molar-refractivity contribution >= 4 is 34.3 Å². The summed E-state index contributed by atoms with van der Waals surface area (Å²) in [5, 5.41) is 11.4. The molecule has 98 valence electrons. The number of thioether (sulfide) groups is 1. The molecule has 0 aliphatic rings. The van der Waals surface area contributed by atoms with E-state index in [0.29, 0.717) is 11.6 Å². The van der Waals surface area contributed by atoms with Gasteiger partial charge >= 0.3 is 0 Å². The summed E-state index contributed by atoms with van der Waals surface area (Å²) in [6.07, 6.45) is 3.16. The zero-order chi connectivity index (χ0) is 13.2. The molecule has 0 aliphatic carbocycles. The second-order valence-corrected chi connectivity index (χ2v) is 6.32. The van der Waals surface area contributed by atoms with E-state index in [4.69, 9.17) is 0 Å². The molecule has 6 nitrogen and oxygen atoms in total. The molecule has 0 atom stereocenters. The van der Waals surface area contributed by atoms with E-state index in [2.05, 4.69) is 44.0 Å². The van der Waals surface area contributed by atoms with Crippen molar-refractivity contribution in [1.82, 2.24) is 30.1 Å². The van der Waals surface area contributed by atoms with Gasteiger partial charge in [0.2, 0.25) is 0 Å². The first-order valence-corrected chi connectivity index (χ1v) is 7.63. The van der Waals surface area contributed by atoms with Gasteiger partial charge in [-0.15, -0.1) is 21.5 Å². The Morgan fingerprint density at radius 2 is 2.16 bits per heavy atom. The van der Waals surface area contributed by atoms with Crippen molar-refractivity contribution in [3.05, 3.63) is 22.7 Å². The predicted molar refractivity (Wildman–Crippen MR) is 75.2 cm³/mol. The Morgan fingerprint density at radius 3 is 2.95 bits per heavy atom. The minimum atomic E-state index is 0.426. The van der Waals surface area contributed by atoms with Crippen LogP contribution >= 0.6 is 23.1 Å². The van der Waals surface area contributed by atoms with Crippen LogP contribution in [-0.4, -0.2) is 30.1 Å². The average Bonchev–Trinajstić information content (AvgIpc) is 3.05. The third-order valence-electron chi connectivity index (χ3n) is 2.50. The van der Waals surface area contributed by atoms with Crippen LogP contribution in [0.2, 0.25) is 0 Å². The van der Waals surface area contributed by atoms with Crippen LogP contribution in [0.25, 0.3) is 11.2 Å². The lowest BCUT2D eigenvalue weighted by molar-refractivity contribution is 0.821. The van der Waals surface area contributed by atoms with Gasteiger partial charge in [-0.2, -0.15) is 0 Å². The topological polar surface area (TPSA) is 80.2 Å². The second-order valence-electron chi connectivity index (χ2n) is 4.26. The molecule has 0 spiro atoms. The smallest absolute Gasteiger partial charge is 0.181 e. The van der Waals surface area contributed by atoms with Crippen molar-refractivity contribution in [1.29, 1.82) is 0 Å². The second kappa shape index (κ2) is 5.22. The van der Waals surface area contributed by atoms with Gasteiger partial charge in [-0.05, 0) is 0 Å². The maximum Gasteiger partial charge on any atom is 0.181 e. The lowest BCUT2D eigenvalue weighted by Gasteiger charge is -1.98. The summed E-state index contributed by atoms with van der Waals surface area (Å²) in [7, 11) is 0. The number of rotatable bonds is 4. The highest BCUT2D eigenvalue weighted by molar-refractivity contribution is 7.98. The molecule has 0 fully saturated rings. The number of hydrogen-bond donors (Lipinski definition) is 1. The van der Waals surface area contributed by atoms with E-state index in [1.807, 2.05) is 0 Å². The van der Waals surface area contributed by atoms with Gasteiger partial charge in [0, 0.05) is 5.92 Å². The summed E-state index contributed by atoms with van der Waals surface area (Å²) in [5.41, 5.74) is 1.57. The van der Waals surface area contributed by atoms with Gasteiger partial charge in [-0.1, -0.05) is 25.6 Å². The fourth-order valence-electron chi connectivity index (χ4n) is 1.54. The Hall–Kier alpha value is -1.54. The average molecular weight is 292 g/mol. The number of imidazole rings is 1. The minimum Gasteiger partial charge on any atom is -0.341 e. The minimum absolute atomic E-state index is 0.426. The van der Waals surface area contributed by atoms with Gasteiger partial charge < -0.3 is 4.98 Å². The van der Waals surface area contributed by atoms with Crippen LogP contribution < -0.4 is 0 Å². The van der Waals surface area contributed by atoms with E-state index >= 15 is 0 Å². The normalized spacial score (nSPS) is 11.5. The molecular formula is C11H12N6S2. The summed E-state index contributed by atoms with van der Waals surface area (Å²) >= 11 is 3.27. The van der Waals surface area contributed by atoms with Gasteiger partial charge in [0.05, 0.1) is 12.1 Å². The van der Waals surface area contributed by atoms with E-state index in [1.165, 1.54) is 6.33 Å². The van der Waals surface area contributed by atoms with E-state index in [9.17, 15) is 0 Å². The van der Waals surface area contributed by atoms with Crippen LogP contribution in [0, 0.1) is 0 Å². The van der Waals surface area contributed by atoms with Gasteiger partial charge in [0.25, 0.3) is 0 Å². The van der Waals surface area contributed by atoms with E-state index in [0.717, 1.165) is 26.3 Å². The number of aromatic nitrogens is 6. The van der Waals surface area contributed by atoms with Gasteiger partial charge in [0.15, 0.2) is 5.65 Å². The maximum atomic E-state index is 4.27. The van der Waals surface area contributed by atoms with Crippen LogP contribution in [0.3, 0.4) is 0 Å². The van der Waals surface area contributed by atoms with Crippen molar-refractivity contribution in [3.63, 3.8) is 0 Å². The molecule has 1 N–H and O–H groups in total. The third-order valence-corrected chi connectivity index (χ3v) is 4.90. The molecule has 0 amide bonds. The van der Waals surface area contributed by atoms with Crippen LogP contribution in [0.4, 0.5) is 0 Å². The van der Waals surface area contributed by atoms with Crippen molar-refractivity contribution < 1.29 is 0 Å². The van der Waals surface area contributed by atoms with Gasteiger partial charge in [0.1, 0.15) is 26.9 Å². The molecule has 0 aromatic carbocycles. The Labute approximate surface area is 118 Å². The Balaban J connectivity index is 1.76. The maximum absolute atomic E-state index is 4.27. The third kappa shape index (κ3) is 2.59. The fraction of sp³-hybridized carbons (Fsp3) is 0.364. The molecule has 3 rings (SSSR count). The number of hydrogen-bond acceptors (Lipinski definition) is 7. The molecule has 8 heteroatoms. The molecule has 3 heterocycles. The first-order valence-electron chi connectivity index (χ1n) is 5.83. The van der Waals surface area contributed by atoms with Crippen LogP contribution in [-0.2, 0) is 5.75 Å². The number of aromatic amines is 1. The molecule has 0 aliphatic heterocycles. The van der Waals surface area contributed by atoms with Crippen molar-refractivity contribution in [2.45, 2.75) is 30.5 Å². The number of H-pyrrole nitrogens is 1. The lowest BCUT2D eigenvalue weighted by atomic mass is 10.2. The van der Waals surface area contributed by atoms with Crippen LogP contribution in [0.5, 0.6) is 0 Å². The first-order chi connectivity index (χ1) is 9.24. The molecule has 19 heavy (non-hydrogen) atoms. The summed E-state index contributed by atoms with van der Waals surface area (Å²) in [5.74, 6) is 1.19. The van der Waals surface area contributed by atoms with Gasteiger partial charge in [-0.25, -0.2) is 15.0 Å². The number of fused-ring (bicyclic) bond motifs is 1. The van der Waals surface area contributed by atoms with E-state index < -0.39 is 0 Å². The molecular weight excluding hydrogens is 280 g/mol. The highest BCUT2D eigenvalue weighted by atomic mass is 32.2. The van der Waals surface area contributed by atoms with Crippen LogP contribution in [0.15, 0.2) is 17.7 Å². The van der Waals surface area contributed by atoms with E-state index in [-0.39, 0.29) is 0 Å². The Bertz CT molecular complexity index is 689. The van der Waals surface area contributed by atoms with Crippen molar-refractivity contribution in [2.24, 2.45) is 0 Å². The van der Waals surface area contributed by atoms with Crippen LogP contribution in [0.1, 0.15) is 29.8 Å². The summed E-state index contributed by atoms with van der Waals surface area (Å²) in [6, 6.07) is 0. The zero-order valence-electron chi connectivity index (χ0n) is 10.5. The standard InChI is InChI=1S/C11H12N6S2/c1-6(2)10-17-16-7(19-10)3-18-11-8-9(13-4-12-8)14-5-15-11/h4-6H,3H2,1-2H3,(H,12,13,14,15). The molecule has 3 aromatic heterocycles. The summed E-state index contributed by atoms with van der Waals surface area (Å²) in [4.78, 5) is 15.5. The van der Waals surface area contributed by atoms with E-state index in [1.54, 1.807) is 29.4 Å². The highest BCUT2D eigenvalue weighted by Crippen LogP contribution is 2.28. The molecule has 0 radical (unpaired) electrons. The molecule has 3 aromatic rings. The number of nitrogens with zero attached hydrogens (tertiary/aromatic N) is 5.